The van der Waals surface area contributed by atoms with Crippen molar-refractivity contribution in [2.45, 2.75) is 25.9 Å². The van der Waals surface area contributed by atoms with E-state index in [1.165, 1.54) is 18.1 Å². The second kappa shape index (κ2) is 8.14. The molecule has 156 valence electrons. The maximum absolute atomic E-state index is 12.4. The lowest BCUT2D eigenvalue weighted by Crippen LogP contribution is -2.33. The Labute approximate surface area is 172 Å². The molecule has 0 N–H and O–H groups in total. The summed E-state index contributed by atoms with van der Waals surface area (Å²) in [5, 5.41) is 0.629. The number of carbonyl (C=O) groups is 3. The van der Waals surface area contributed by atoms with E-state index in [-0.39, 0.29) is 43.2 Å². The van der Waals surface area contributed by atoms with Gasteiger partial charge in [0.25, 0.3) is 0 Å². The number of hydrogen-bond acceptors (Lipinski definition) is 7. The van der Waals surface area contributed by atoms with Gasteiger partial charge in [-0.1, -0.05) is 12.2 Å². The van der Waals surface area contributed by atoms with Gasteiger partial charge in [0, 0.05) is 29.6 Å². The van der Waals surface area contributed by atoms with Crippen LogP contribution in [0.1, 0.15) is 24.8 Å². The van der Waals surface area contributed by atoms with Crippen molar-refractivity contribution < 1.29 is 28.3 Å². The van der Waals surface area contributed by atoms with Gasteiger partial charge < -0.3 is 13.9 Å². The zero-order chi connectivity index (χ0) is 21.3. The van der Waals surface area contributed by atoms with E-state index < -0.39 is 11.6 Å². The minimum atomic E-state index is -0.564. The van der Waals surface area contributed by atoms with Crippen LogP contribution in [0.25, 0.3) is 11.0 Å². The summed E-state index contributed by atoms with van der Waals surface area (Å²) in [5.74, 6) is -1.09. The third-order valence-electron chi connectivity index (χ3n) is 5.56. The molecule has 1 saturated heterocycles. The lowest BCUT2D eigenvalue weighted by atomic mass is 9.85. The Hall–Kier alpha value is -3.42. The van der Waals surface area contributed by atoms with Crippen molar-refractivity contribution in [1.29, 1.82) is 0 Å². The Bertz CT molecular complexity index is 1070. The molecule has 0 radical (unpaired) electrons. The van der Waals surface area contributed by atoms with Crippen LogP contribution in [0.2, 0.25) is 0 Å². The van der Waals surface area contributed by atoms with Crippen LogP contribution in [0.15, 0.2) is 45.6 Å². The Morgan fingerprint density at radius 3 is 2.47 bits per heavy atom. The SMILES string of the molecule is COc1ccc2c(COC(=O)CCN3C(=O)[C@H]4CC=CC[C@@H]4C3=O)cc(=O)oc2c1. The lowest BCUT2D eigenvalue weighted by Gasteiger charge is -2.14. The van der Waals surface area contributed by atoms with Gasteiger partial charge in [-0.3, -0.25) is 19.3 Å². The molecule has 2 atom stereocenters. The van der Waals surface area contributed by atoms with Crippen LogP contribution in [-0.4, -0.2) is 36.3 Å². The van der Waals surface area contributed by atoms with Crippen LogP contribution in [0.4, 0.5) is 0 Å². The van der Waals surface area contributed by atoms with E-state index in [1.54, 1.807) is 18.2 Å². The van der Waals surface area contributed by atoms with Crippen LogP contribution >= 0.6 is 0 Å². The molecule has 1 aliphatic heterocycles. The molecular formula is C22H21NO7. The molecule has 8 heteroatoms. The van der Waals surface area contributed by atoms with Gasteiger partial charge in [0.1, 0.15) is 17.9 Å². The smallest absolute Gasteiger partial charge is 0.336 e. The highest BCUT2D eigenvalue weighted by molar-refractivity contribution is 6.05. The number of nitrogens with zero attached hydrogens (tertiary/aromatic N) is 1. The van der Waals surface area contributed by atoms with Crippen molar-refractivity contribution in [3.8, 4) is 5.75 Å². The number of likely N-dealkylation sites (tertiary alicyclic amines) is 1. The topological polar surface area (TPSA) is 103 Å². The highest BCUT2D eigenvalue weighted by atomic mass is 16.5. The highest BCUT2D eigenvalue weighted by Gasteiger charge is 2.46. The second-order valence-electron chi connectivity index (χ2n) is 7.35. The van der Waals surface area contributed by atoms with E-state index in [0.717, 1.165) is 0 Å². The zero-order valence-electron chi connectivity index (χ0n) is 16.5. The molecule has 0 spiro atoms. The number of ether oxygens (including phenoxy) is 2. The molecule has 1 aromatic heterocycles. The van der Waals surface area contributed by atoms with Crippen molar-refractivity contribution in [2.24, 2.45) is 11.8 Å². The Morgan fingerprint density at radius 2 is 1.80 bits per heavy atom. The largest absolute Gasteiger partial charge is 0.497 e. The number of hydrogen-bond donors (Lipinski definition) is 0. The monoisotopic (exact) mass is 411 g/mol. The van der Waals surface area contributed by atoms with Gasteiger partial charge >= 0.3 is 11.6 Å². The fraction of sp³-hybridized carbons (Fsp3) is 0.364. The molecule has 0 unspecified atom stereocenters. The summed E-state index contributed by atoms with van der Waals surface area (Å²) in [4.78, 5) is 50.1. The van der Waals surface area contributed by atoms with Crippen LogP contribution < -0.4 is 10.4 Å². The van der Waals surface area contributed by atoms with Crippen molar-refractivity contribution in [3.05, 3.63) is 52.4 Å². The molecule has 2 aliphatic rings. The first-order valence-corrected chi connectivity index (χ1v) is 9.74. The standard InChI is InChI=1S/C22H21NO7/c1-28-14-6-7-15-13(10-20(25)30-18(15)11-14)12-29-19(24)8-9-23-21(26)16-4-2-3-5-17(16)22(23)27/h2-3,6-7,10-11,16-17H,4-5,8-9,12H2,1H3/t16-,17-/m0/s1. The average Bonchev–Trinajstić information content (AvgIpc) is 3.00. The summed E-state index contributed by atoms with van der Waals surface area (Å²) in [6.07, 6.45) is 4.85. The molecule has 2 amide bonds. The molecule has 0 bridgehead atoms. The molecular weight excluding hydrogens is 390 g/mol. The van der Waals surface area contributed by atoms with Crippen molar-refractivity contribution in [2.75, 3.05) is 13.7 Å². The highest BCUT2D eigenvalue weighted by Crippen LogP contribution is 2.35. The van der Waals surface area contributed by atoms with Gasteiger partial charge in [-0.15, -0.1) is 0 Å². The predicted molar refractivity (Wildman–Crippen MR) is 106 cm³/mol. The summed E-state index contributed by atoms with van der Waals surface area (Å²) >= 11 is 0. The van der Waals surface area contributed by atoms with Gasteiger partial charge in [-0.05, 0) is 25.0 Å². The summed E-state index contributed by atoms with van der Waals surface area (Å²) in [6.45, 7) is -0.122. The number of imide groups is 1. The minimum Gasteiger partial charge on any atom is -0.497 e. The summed E-state index contributed by atoms with van der Waals surface area (Å²) < 4.78 is 15.6. The number of fused-ring (bicyclic) bond motifs is 2. The first-order chi connectivity index (χ1) is 14.5. The number of rotatable bonds is 6. The molecule has 2 aromatic rings. The van der Waals surface area contributed by atoms with E-state index >= 15 is 0 Å². The van der Waals surface area contributed by atoms with Crippen LogP contribution in [0.3, 0.4) is 0 Å². The normalized spacial score (nSPS) is 20.5. The zero-order valence-corrected chi connectivity index (χ0v) is 16.5. The molecule has 4 rings (SSSR count). The first-order valence-electron chi connectivity index (χ1n) is 9.74. The van der Waals surface area contributed by atoms with Gasteiger partial charge in [0.2, 0.25) is 11.8 Å². The third-order valence-corrected chi connectivity index (χ3v) is 5.56. The number of allylic oxidation sites excluding steroid dienone is 2. The van der Waals surface area contributed by atoms with Gasteiger partial charge in [-0.25, -0.2) is 4.79 Å². The van der Waals surface area contributed by atoms with E-state index in [1.807, 2.05) is 12.2 Å². The molecule has 1 fully saturated rings. The fourth-order valence-electron chi connectivity index (χ4n) is 3.98. The van der Waals surface area contributed by atoms with Crippen molar-refractivity contribution in [3.63, 3.8) is 0 Å². The van der Waals surface area contributed by atoms with Gasteiger partial charge in [0.15, 0.2) is 0 Å². The van der Waals surface area contributed by atoms with E-state index in [9.17, 15) is 19.2 Å². The molecule has 1 aliphatic carbocycles. The van der Waals surface area contributed by atoms with E-state index in [4.69, 9.17) is 13.9 Å². The van der Waals surface area contributed by atoms with Crippen LogP contribution in [-0.2, 0) is 25.7 Å². The number of carbonyl (C=O) groups excluding carboxylic acids is 3. The second-order valence-corrected chi connectivity index (χ2v) is 7.35. The lowest BCUT2D eigenvalue weighted by molar-refractivity contribution is -0.146. The van der Waals surface area contributed by atoms with Gasteiger partial charge in [-0.2, -0.15) is 0 Å². The number of benzene rings is 1. The fourth-order valence-corrected chi connectivity index (χ4v) is 3.98. The Morgan fingerprint density at radius 1 is 1.10 bits per heavy atom. The number of esters is 1. The van der Waals surface area contributed by atoms with Gasteiger partial charge in [0.05, 0.1) is 25.4 Å². The molecule has 2 heterocycles. The molecule has 0 saturated carbocycles. The summed E-state index contributed by atoms with van der Waals surface area (Å²) in [5.41, 5.74) is 0.270. The molecule has 30 heavy (non-hydrogen) atoms. The predicted octanol–water partition coefficient (Wildman–Crippen LogP) is 2.19. The van der Waals surface area contributed by atoms with E-state index in [2.05, 4.69) is 0 Å². The Balaban J connectivity index is 1.38. The molecule has 8 nitrogen and oxygen atoms in total. The Kier molecular flexibility index (Phi) is 5.39. The number of methoxy groups -OCH3 is 1. The summed E-state index contributed by atoms with van der Waals surface area (Å²) in [6, 6.07) is 6.29. The third kappa shape index (κ3) is 3.72. The summed E-state index contributed by atoms with van der Waals surface area (Å²) in [7, 11) is 1.51. The van der Waals surface area contributed by atoms with Crippen molar-refractivity contribution >= 4 is 28.8 Å². The average molecular weight is 411 g/mol. The number of amides is 2. The molecule has 1 aromatic carbocycles. The minimum absolute atomic E-state index is 0.00161. The van der Waals surface area contributed by atoms with Crippen LogP contribution in [0.5, 0.6) is 5.75 Å². The van der Waals surface area contributed by atoms with Crippen molar-refractivity contribution in [1.82, 2.24) is 4.90 Å². The quantitative estimate of drug-likeness (QED) is 0.311. The first kappa shape index (κ1) is 19.9. The maximum atomic E-state index is 12.4. The maximum Gasteiger partial charge on any atom is 0.336 e. The van der Waals surface area contributed by atoms with Crippen LogP contribution in [0, 0.1) is 11.8 Å². The van der Waals surface area contributed by atoms with E-state index in [0.29, 0.717) is 35.1 Å².